The van der Waals surface area contributed by atoms with Gasteiger partial charge in [0.2, 0.25) is 5.91 Å². The zero-order valence-corrected chi connectivity index (χ0v) is 15.9. The molecule has 136 valence electrons. The Morgan fingerprint density at radius 1 is 1.48 bits per heavy atom. The third kappa shape index (κ3) is 3.74. The fourth-order valence-corrected chi connectivity index (χ4v) is 5.48. The predicted octanol–water partition coefficient (Wildman–Crippen LogP) is 1.20. The summed E-state index contributed by atoms with van der Waals surface area (Å²) in [4.78, 5) is 14.2. The highest BCUT2D eigenvalue weighted by molar-refractivity contribution is 8.00. The van der Waals surface area contributed by atoms with Gasteiger partial charge in [-0.2, -0.15) is 0 Å². The van der Waals surface area contributed by atoms with Crippen LogP contribution in [0.5, 0.6) is 0 Å². The Labute approximate surface area is 150 Å². The van der Waals surface area contributed by atoms with Crippen molar-refractivity contribution in [3.63, 3.8) is 0 Å². The summed E-state index contributed by atoms with van der Waals surface area (Å²) in [5.41, 5.74) is 0. The molecule has 1 amide bonds. The minimum absolute atomic E-state index is 0.0409. The molecule has 0 unspecified atom stereocenters. The first kappa shape index (κ1) is 18.0. The molecule has 0 radical (unpaired) electrons. The van der Waals surface area contributed by atoms with Crippen LogP contribution in [0.1, 0.15) is 13.3 Å². The second kappa shape index (κ2) is 6.83. The second-order valence-electron chi connectivity index (χ2n) is 6.11. The molecule has 0 aromatic carbocycles. The lowest BCUT2D eigenvalue weighted by molar-refractivity contribution is -0.130. The molecule has 2 atom stereocenters. The van der Waals surface area contributed by atoms with Gasteiger partial charge in [-0.05, 0) is 25.5 Å². The average Bonchev–Trinajstić information content (AvgIpc) is 3.27. The molecule has 0 saturated carbocycles. The van der Waals surface area contributed by atoms with Crippen molar-refractivity contribution in [2.45, 2.75) is 29.8 Å². The Balaban J connectivity index is 1.68. The van der Waals surface area contributed by atoms with Crippen LogP contribution in [-0.4, -0.2) is 63.8 Å². The molecule has 10 heteroatoms. The van der Waals surface area contributed by atoms with Crippen molar-refractivity contribution in [3.05, 3.63) is 18.4 Å². The maximum Gasteiger partial charge on any atom is 0.235 e. The number of amides is 1. The van der Waals surface area contributed by atoms with Crippen molar-refractivity contribution in [2.75, 3.05) is 18.6 Å². The van der Waals surface area contributed by atoms with Crippen LogP contribution in [0, 0.1) is 0 Å². The second-order valence-corrected chi connectivity index (χ2v) is 9.65. The number of nitrogens with zero attached hydrogens (tertiary/aromatic N) is 4. The van der Waals surface area contributed by atoms with Crippen molar-refractivity contribution < 1.29 is 17.6 Å². The van der Waals surface area contributed by atoms with E-state index in [1.54, 1.807) is 41.8 Å². The topological polar surface area (TPSA) is 98.3 Å². The standard InChI is InChI=1S/C15H20N4O4S2/c1-10(14(20)18(2)11-6-8-25(21,22)9-11)24-15-17-16-13(19(15)3)12-5-4-7-23-12/h4-5,7,10-11H,6,8-9H2,1-3H3/t10-,11-/m0/s1. The number of hydrogen-bond acceptors (Lipinski definition) is 7. The largest absolute Gasteiger partial charge is 0.461 e. The van der Waals surface area contributed by atoms with Gasteiger partial charge in [0.15, 0.2) is 26.6 Å². The summed E-state index contributed by atoms with van der Waals surface area (Å²) >= 11 is 1.29. The van der Waals surface area contributed by atoms with Gasteiger partial charge >= 0.3 is 0 Å². The monoisotopic (exact) mass is 384 g/mol. The number of carbonyl (C=O) groups excluding carboxylic acids is 1. The van der Waals surface area contributed by atoms with E-state index in [-0.39, 0.29) is 23.5 Å². The van der Waals surface area contributed by atoms with Crippen LogP contribution in [0.2, 0.25) is 0 Å². The fraction of sp³-hybridized carbons (Fsp3) is 0.533. The predicted molar refractivity (Wildman–Crippen MR) is 93.9 cm³/mol. The van der Waals surface area contributed by atoms with E-state index in [4.69, 9.17) is 4.42 Å². The van der Waals surface area contributed by atoms with Crippen LogP contribution in [0.15, 0.2) is 28.0 Å². The van der Waals surface area contributed by atoms with Crippen LogP contribution in [-0.2, 0) is 21.7 Å². The molecule has 1 saturated heterocycles. The highest BCUT2D eigenvalue weighted by Crippen LogP contribution is 2.27. The zero-order valence-electron chi connectivity index (χ0n) is 14.2. The van der Waals surface area contributed by atoms with Gasteiger partial charge in [-0.25, -0.2) is 8.42 Å². The lowest BCUT2D eigenvalue weighted by Gasteiger charge is -2.26. The number of carbonyl (C=O) groups is 1. The van der Waals surface area contributed by atoms with Crippen LogP contribution in [0.25, 0.3) is 11.6 Å². The molecule has 2 aromatic rings. The summed E-state index contributed by atoms with van der Waals surface area (Å²) in [6, 6.07) is 3.31. The molecule has 0 aliphatic carbocycles. The molecule has 3 heterocycles. The summed E-state index contributed by atoms with van der Waals surface area (Å²) in [7, 11) is 0.448. The first-order chi connectivity index (χ1) is 11.8. The molecule has 0 spiro atoms. The van der Waals surface area contributed by atoms with Gasteiger partial charge in [0.1, 0.15) is 0 Å². The fourth-order valence-electron chi connectivity index (χ4n) is 2.79. The summed E-state index contributed by atoms with van der Waals surface area (Å²) in [6.45, 7) is 1.79. The van der Waals surface area contributed by atoms with Crippen molar-refractivity contribution in [1.82, 2.24) is 19.7 Å². The highest BCUT2D eigenvalue weighted by Gasteiger charge is 2.34. The minimum atomic E-state index is -3.02. The molecule has 0 N–H and O–H groups in total. The van der Waals surface area contributed by atoms with E-state index < -0.39 is 15.1 Å². The van der Waals surface area contributed by atoms with E-state index in [1.165, 1.54) is 11.8 Å². The number of sulfone groups is 1. The maximum absolute atomic E-state index is 12.6. The van der Waals surface area contributed by atoms with E-state index in [0.29, 0.717) is 23.2 Å². The molecule has 1 aliphatic heterocycles. The Morgan fingerprint density at radius 2 is 2.24 bits per heavy atom. The van der Waals surface area contributed by atoms with Gasteiger partial charge in [-0.15, -0.1) is 10.2 Å². The first-order valence-corrected chi connectivity index (χ1v) is 10.6. The Bertz CT molecular complexity index is 860. The van der Waals surface area contributed by atoms with E-state index in [1.807, 2.05) is 7.05 Å². The van der Waals surface area contributed by atoms with Gasteiger partial charge in [-0.1, -0.05) is 11.8 Å². The Hall–Kier alpha value is -1.81. The average molecular weight is 384 g/mol. The van der Waals surface area contributed by atoms with Gasteiger partial charge in [0.05, 0.1) is 23.0 Å². The quantitative estimate of drug-likeness (QED) is 0.714. The van der Waals surface area contributed by atoms with Gasteiger partial charge < -0.3 is 13.9 Å². The van der Waals surface area contributed by atoms with Gasteiger partial charge in [0, 0.05) is 20.1 Å². The summed E-state index contributed by atoms with van der Waals surface area (Å²) in [6.07, 6.45) is 2.06. The zero-order chi connectivity index (χ0) is 18.2. The third-order valence-electron chi connectivity index (χ3n) is 4.31. The smallest absolute Gasteiger partial charge is 0.235 e. The number of thioether (sulfide) groups is 1. The molecule has 0 bridgehead atoms. The van der Waals surface area contributed by atoms with Crippen LogP contribution >= 0.6 is 11.8 Å². The molecular formula is C15H20N4O4S2. The molecule has 3 rings (SSSR count). The molecule has 2 aromatic heterocycles. The van der Waals surface area contributed by atoms with E-state index in [9.17, 15) is 13.2 Å². The van der Waals surface area contributed by atoms with E-state index in [2.05, 4.69) is 10.2 Å². The van der Waals surface area contributed by atoms with Crippen molar-refractivity contribution in [1.29, 1.82) is 0 Å². The maximum atomic E-state index is 12.6. The lowest BCUT2D eigenvalue weighted by atomic mass is 10.2. The number of rotatable bonds is 5. The van der Waals surface area contributed by atoms with Crippen molar-refractivity contribution in [2.24, 2.45) is 7.05 Å². The van der Waals surface area contributed by atoms with Gasteiger partial charge in [0.25, 0.3) is 0 Å². The minimum Gasteiger partial charge on any atom is -0.461 e. The van der Waals surface area contributed by atoms with E-state index >= 15 is 0 Å². The number of aromatic nitrogens is 3. The number of hydrogen-bond donors (Lipinski definition) is 0. The number of furan rings is 1. The first-order valence-electron chi connectivity index (χ1n) is 7.85. The highest BCUT2D eigenvalue weighted by atomic mass is 32.2. The van der Waals surface area contributed by atoms with Crippen LogP contribution < -0.4 is 0 Å². The van der Waals surface area contributed by atoms with Crippen LogP contribution in [0.3, 0.4) is 0 Å². The third-order valence-corrected chi connectivity index (χ3v) is 7.18. The summed E-state index contributed by atoms with van der Waals surface area (Å²) < 4.78 is 30.3. The SMILES string of the molecule is C[C@H](Sc1nnc(-c2ccco2)n1C)C(=O)N(C)[C@H]1CCS(=O)(=O)C1. The summed E-state index contributed by atoms with van der Waals surface area (Å²) in [5.74, 6) is 1.26. The van der Waals surface area contributed by atoms with Crippen molar-refractivity contribution in [3.8, 4) is 11.6 Å². The summed E-state index contributed by atoms with van der Waals surface area (Å²) in [5, 5.41) is 8.42. The molecule has 1 fully saturated rings. The lowest BCUT2D eigenvalue weighted by Crippen LogP contribution is -2.41. The molecule has 25 heavy (non-hydrogen) atoms. The normalized spacial score (nSPS) is 20.5. The molecule has 1 aliphatic rings. The van der Waals surface area contributed by atoms with E-state index in [0.717, 1.165) is 0 Å². The Kier molecular flexibility index (Phi) is 4.92. The van der Waals surface area contributed by atoms with Crippen molar-refractivity contribution >= 4 is 27.5 Å². The molecule has 8 nitrogen and oxygen atoms in total. The Morgan fingerprint density at radius 3 is 2.84 bits per heavy atom. The molecular weight excluding hydrogens is 364 g/mol. The van der Waals surface area contributed by atoms with Gasteiger partial charge in [-0.3, -0.25) is 4.79 Å². The van der Waals surface area contributed by atoms with Crippen LogP contribution in [0.4, 0.5) is 0 Å².